The van der Waals surface area contributed by atoms with Crippen LogP contribution in [0.1, 0.15) is 23.6 Å². The summed E-state index contributed by atoms with van der Waals surface area (Å²) < 4.78 is 4.95. The molecule has 0 saturated heterocycles. The van der Waals surface area contributed by atoms with Crippen LogP contribution < -0.4 is 4.74 Å². The molecule has 0 radical (unpaired) electrons. The quantitative estimate of drug-likeness (QED) is 0.798. The van der Waals surface area contributed by atoms with Gasteiger partial charge in [0.25, 0.3) is 0 Å². The summed E-state index contributed by atoms with van der Waals surface area (Å²) in [7, 11) is 1.54. The Hall–Kier alpha value is -1.75. The van der Waals surface area contributed by atoms with Gasteiger partial charge in [-0.25, -0.2) is 9.97 Å². The smallest absolute Gasteiger partial charge is 0.233 e. The van der Waals surface area contributed by atoms with Crippen molar-refractivity contribution in [3.8, 4) is 17.4 Å². The number of aryl methyl sites for hydroxylation is 1. The van der Waals surface area contributed by atoms with E-state index in [2.05, 4.69) is 20.2 Å². The second-order valence-electron chi connectivity index (χ2n) is 3.81. The zero-order chi connectivity index (χ0) is 13.1. The van der Waals surface area contributed by atoms with Crippen molar-refractivity contribution in [1.29, 1.82) is 0 Å². The Morgan fingerprint density at radius 3 is 2.56 bits per heavy atom. The molecule has 0 aliphatic rings. The number of aromatic nitrogens is 4. The Morgan fingerprint density at radius 1 is 1.28 bits per heavy atom. The summed E-state index contributed by atoms with van der Waals surface area (Å²) in [6.07, 6.45) is 1.72. The molecule has 0 amide bonds. The molecule has 2 aromatic rings. The van der Waals surface area contributed by atoms with Gasteiger partial charge in [-0.15, -0.1) is 21.8 Å². The third kappa shape index (κ3) is 2.56. The van der Waals surface area contributed by atoms with E-state index < -0.39 is 0 Å². The van der Waals surface area contributed by atoms with Gasteiger partial charge in [0.2, 0.25) is 5.88 Å². The third-order valence-corrected chi connectivity index (χ3v) is 2.76. The Labute approximate surface area is 110 Å². The monoisotopic (exact) mass is 264 g/mol. The van der Waals surface area contributed by atoms with Crippen LogP contribution in [0.5, 0.6) is 5.88 Å². The number of halogens is 1. The molecule has 2 aromatic heterocycles. The van der Waals surface area contributed by atoms with E-state index in [1.807, 2.05) is 13.8 Å². The highest BCUT2D eigenvalue weighted by molar-refractivity contribution is 6.20. The van der Waals surface area contributed by atoms with Crippen molar-refractivity contribution in [1.82, 2.24) is 20.2 Å². The first-order valence-electron chi connectivity index (χ1n) is 5.47. The second kappa shape index (κ2) is 5.27. The summed E-state index contributed by atoms with van der Waals surface area (Å²) in [6.45, 7) is 3.79. The van der Waals surface area contributed by atoms with Crippen LogP contribution in [0, 0.1) is 6.92 Å². The lowest BCUT2D eigenvalue weighted by molar-refractivity contribution is 0.392. The van der Waals surface area contributed by atoms with E-state index in [1.54, 1.807) is 25.4 Å². The molecule has 0 N–H and O–H groups in total. The van der Waals surface area contributed by atoms with Crippen molar-refractivity contribution in [2.75, 3.05) is 7.11 Å². The SMILES string of the molecule is COc1ccc(-c2ncc(C(C)Cl)c(C)n2)nn1. The van der Waals surface area contributed by atoms with E-state index in [0.717, 1.165) is 11.3 Å². The fourth-order valence-electron chi connectivity index (χ4n) is 1.54. The van der Waals surface area contributed by atoms with E-state index in [4.69, 9.17) is 16.3 Å². The number of ether oxygens (including phenoxy) is 1. The first kappa shape index (κ1) is 12.7. The summed E-state index contributed by atoms with van der Waals surface area (Å²) in [4.78, 5) is 8.63. The molecule has 0 aliphatic carbocycles. The molecule has 0 saturated carbocycles. The molecule has 5 nitrogen and oxygen atoms in total. The lowest BCUT2D eigenvalue weighted by Gasteiger charge is -2.07. The zero-order valence-electron chi connectivity index (χ0n) is 10.4. The highest BCUT2D eigenvalue weighted by Gasteiger charge is 2.10. The van der Waals surface area contributed by atoms with E-state index >= 15 is 0 Å². The minimum absolute atomic E-state index is 0.110. The summed E-state index contributed by atoms with van der Waals surface area (Å²) >= 11 is 6.02. The number of methoxy groups -OCH3 is 1. The van der Waals surface area contributed by atoms with Crippen molar-refractivity contribution in [3.63, 3.8) is 0 Å². The summed E-state index contributed by atoms with van der Waals surface area (Å²) in [6, 6.07) is 3.49. The van der Waals surface area contributed by atoms with Crippen LogP contribution in [-0.4, -0.2) is 27.3 Å². The fourth-order valence-corrected chi connectivity index (χ4v) is 1.75. The molecular formula is C12H13ClN4O. The predicted octanol–water partition coefficient (Wildman–Crippen LogP) is 2.55. The van der Waals surface area contributed by atoms with Gasteiger partial charge in [-0.05, 0) is 19.9 Å². The topological polar surface area (TPSA) is 60.8 Å². The molecule has 2 rings (SSSR count). The van der Waals surface area contributed by atoms with Gasteiger partial charge in [0.1, 0.15) is 5.69 Å². The number of nitrogens with zero attached hydrogens (tertiary/aromatic N) is 4. The van der Waals surface area contributed by atoms with Crippen LogP contribution in [0.3, 0.4) is 0 Å². The molecule has 0 bridgehead atoms. The maximum atomic E-state index is 6.02. The van der Waals surface area contributed by atoms with Crippen molar-refractivity contribution >= 4 is 11.6 Å². The van der Waals surface area contributed by atoms with E-state index in [9.17, 15) is 0 Å². The first-order chi connectivity index (χ1) is 8.61. The average Bonchev–Trinajstić information content (AvgIpc) is 2.38. The lowest BCUT2D eigenvalue weighted by Crippen LogP contribution is -2.00. The molecule has 0 aromatic carbocycles. The molecule has 2 heterocycles. The van der Waals surface area contributed by atoms with Gasteiger partial charge in [-0.1, -0.05) is 0 Å². The molecule has 18 heavy (non-hydrogen) atoms. The molecular weight excluding hydrogens is 252 g/mol. The maximum absolute atomic E-state index is 6.02. The Bertz CT molecular complexity index is 542. The van der Waals surface area contributed by atoms with Crippen molar-refractivity contribution in [3.05, 3.63) is 29.6 Å². The highest BCUT2D eigenvalue weighted by Crippen LogP contribution is 2.22. The molecule has 6 heteroatoms. The van der Waals surface area contributed by atoms with Gasteiger partial charge in [0.05, 0.1) is 12.5 Å². The van der Waals surface area contributed by atoms with Crippen molar-refractivity contribution < 1.29 is 4.74 Å². The molecule has 0 spiro atoms. The van der Waals surface area contributed by atoms with Crippen LogP contribution in [0.25, 0.3) is 11.5 Å². The highest BCUT2D eigenvalue weighted by atomic mass is 35.5. The average molecular weight is 265 g/mol. The Morgan fingerprint density at radius 2 is 2.06 bits per heavy atom. The number of rotatable bonds is 3. The molecule has 1 unspecified atom stereocenters. The lowest BCUT2D eigenvalue weighted by atomic mass is 10.2. The maximum Gasteiger partial charge on any atom is 0.233 e. The Kier molecular flexibility index (Phi) is 3.72. The number of hydrogen-bond donors (Lipinski definition) is 0. The number of alkyl halides is 1. The van der Waals surface area contributed by atoms with Gasteiger partial charge < -0.3 is 4.74 Å². The molecule has 94 valence electrons. The molecule has 0 aliphatic heterocycles. The van der Waals surface area contributed by atoms with Gasteiger partial charge in [-0.3, -0.25) is 0 Å². The summed E-state index contributed by atoms with van der Waals surface area (Å²) in [5.41, 5.74) is 2.37. The minimum atomic E-state index is -0.110. The minimum Gasteiger partial charge on any atom is -0.480 e. The van der Waals surface area contributed by atoms with Gasteiger partial charge in [-0.2, -0.15) is 0 Å². The normalized spacial score (nSPS) is 12.2. The van der Waals surface area contributed by atoms with Gasteiger partial charge in [0.15, 0.2) is 5.82 Å². The summed E-state index contributed by atoms with van der Waals surface area (Å²) in [5, 5.41) is 7.77. The zero-order valence-corrected chi connectivity index (χ0v) is 11.1. The van der Waals surface area contributed by atoms with Crippen LogP contribution in [0.4, 0.5) is 0 Å². The molecule has 0 fully saturated rings. The number of hydrogen-bond acceptors (Lipinski definition) is 5. The largest absolute Gasteiger partial charge is 0.480 e. The second-order valence-corrected chi connectivity index (χ2v) is 4.47. The van der Waals surface area contributed by atoms with Crippen molar-refractivity contribution in [2.45, 2.75) is 19.2 Å². The first-order valence-corrected chi connectivity index (χ1v) is 5.91. The van der Waals surface area contributed by atoms with Crippen LogP contribution in [0.15, 0.2) is 18.3 Å². The van der Waals surface area contributed by atoms with Gasteiger partial charge >= 0.3 is 0 Å². The van der Waals surface area contributed by atoms with Crippen LogP contribution in [-0.2, 0) is 0 Å². The van der Waals surface area contributed by atoms with E-state index in [-0.39, 0.29) is 5.38 Å². The third-order valence-electron chi connectivity index (χ3n) is 2.52. The summed E-state index contributed by atoms with van der Waals surface area (Å²) in [5.74, 6) is 0.991. The van der Waals surface area contributed by atoms with Crippen LogP contribution >= 0.6 is 11.6 Å². The fraction of sp³-hybridized carbons (Fsp3) is 0.333. The molecule has 1 atom stereocenters. The van der Waals surface area contributed by atoms with E-state index in [1.165, 1.54) is 0 Å². The van der Waals surface area contributed by atoms with Crippen molar-refractivity contribution in [2.24, 2.45) is 0 Å². The van der Waals surface area contributed by atoms with Gasteiger partial charge in [0, 0.05) is 23.5 Å². The Balaban J connectivity index is 2.36. The predicted molar refractivity (Wildman–Crippen MR) is 68.6 cm³/mol. The van der Waals surface area contributed by atoms with Crippen LogP contribution in [0.2, 0.25) is 0 Å². The van der Waals surface area contributed by atoms with E-state index in [0.29, 0.717) is 17.4 Å². The standard InChI is InChI=1S/C12H13ClN4O/c1-7(13)9-6-14-12(15-8(9)2)10-4-5-11(18-3)17-16-10/h4-7H,1-3H3.